The second kappa shape index (κ2) is 9.04. The Hall–Kier alpha value is -2.61. The number of imidazole rings is 1. The molecule has 2 aromatic rings. The predicted molar refractivity (Wildman–Crippen MR) is 115 cm³/mol. The van der Waals surface area contributed by atoms with Crippen molar-refractivity contribution < 1.29 is 9.59 Å². The molecule has 2 fully saturated rings. The van der Waals surface area contributed by atoms with Crippen molar-refractivity contribution >= 4 is 22.8 Å². The molecule has 2 saturated heterocycles. The molecule has 8 nitrogen and oxygen atoms in total. The largest absolute Gasteiger partial charge is 0.369 e. The van der Waals surface area contributed by atoms with E-state index in [1.54, 1.807) is 6.42 Å². The predicted octanol–water partition coefficient (Wildman–Crippen LogP) is 1.11. The molecule has 0 saturated carbocycles. The summed E-state index contributed by atoms with van der Waals surface area (Å²) >= 11 is 0. The second-order valence-corrected chi connectivity index (χ2v) is 8.46. The van der Waals surface area contributed by atoms with Crippen molar-refractivity contribution in [1.82, 2.24) is 19.8 Å². The molecule has 8 heteroatoms. The first-order valence-electron chi connectivity index (χ1n) is 10.9. The molecule has 1 radical (unpaired) electrons. The number of benzene rings is 1. The summed E-state index contributed by atoms with van der Waals surface area (Å²) < 4.78 is 0. The summed E-state index contributed by atoms with van der Waals surface area (Å²) in [5.74, 6) is -0.418. The molecule has 2 aliphatic rings. The minimum Gasteiger partial charge on any atom is -0.369 e. The molecule has 2 amide bonds. The molecule has 4 N–H and O–H groups in total. The number of carbonyl (C=O) groups excluding carboxylic acids is 2. The highest BCUT2D eigenvalue weighted by Crippen LogP contribution is 2.22. The maximum atomic E-state index is 12.7. The number of carbonyl (C=O) groups is 2. The van der Waals surface area contributed by atoms with E-state index in [0.717, 1.165) is 31.5 Å². The van der Waals surface area contributed by atoms with Gasteiger partial charge in [0, 0.05) is 19.1 Å². The lowest BCUT2D eigenvalue weighted by Gasteiger charge is -2.40. The van der Waals surface area contributed by atoms with Crippen molar-refractivity contribution in [2.24, 2.45) is 5.73 Å². The minimum atomic E-state index is -0.466. The number of fused-ring (bicyclic) bond motifs is 1. The SMILES string of the molecule is NC(=O)Cc1cc(C[CH]C(=O)N2CCC(N3CCCCC3)CC2)cc2[nH]c(=O)[nH]c12. The highest BCUT2D eigenvalue weighted by atomic mass is 16.2. The van der Waals surface area contributed by atoms with Gasteiger partial charge in [-0.05, 0) is 62.4 Å². The van der Waals surface area contributed by atoms with Crippen molar-refractivity contribution in [2.45, 2.75) is 51.0 Å². The van der Waals surface area contributed by atoms with Crippen molar-refractivity contribution in [3.63, 3.8) is 0 Å². The second-order valence-electron chi connectivity index (χ2n) is 8.46. The van der Waals surface area contributed by atoms with Gasteiger partial charge in [0.15, 0.2) is 0 Å². The van der Waals surface area contributed by atoms with Gasteiger partial charge in [0.1, 0.15) is 0 Å². The third kappa shape index (κ3) is 4.75. The number of likely N-dealkylation sites (tertiary alicyclic amines) is 2. The number of nitrogens with zero attached hydrogens (tertiary/aromatic N) is 2. The van der Waals surface area contributed by atoms with Crippen LogP contribution in [0.3, 0.4) is 0 Å². The first kappa shape index (κ1) is 20.7. The van der Waals surface area contributed by atoms with Crippen molar-refractivity contribution in [3.05, 3.63) is 40.2 Å². The van der Waals surface area contributed by atoms with Gasteiger partial charge in [-0.2, -0.15) is 0 Å². The zero-order chi connectivity index (χ0) is 21.1. The molecular formula is C22H30N5O3. The Labute approximate surface area is 175 Å². The Bertz CT molecular complexity index is 965. The number of hydrogen-bond donors (Lipinski definition) is 3. The molecule has 30 heavy (non-hydrogen) atoms. The summed E-state index contributed by atoms with van der Waals surface area (Å²) in [5, 5.41) is 0. The summed E-state index contributed by atoms with van der Waals surface area (Å²) in [7, 11) is 0. The standard InChI is InChI=1S/C22H30N5O3/c23-19(28)14-16-12-15(13-18-21(16)25-22(30)24-18)4-5-20(29)27-10-6-17(7-11-27)26-8-2-1-3-9-26/h5,12-13,17H,1-4,6-11,14H2,(H2,23,28)(H2,24,25,30). The molecule has 2 aliphatic heterocycles. The van der Waals surface area contributed by atoms with Crippen molar-refractivity contribution in [1.29, 1.82) is 0 Å². The molecule has 3 heterocycles. The van der Waals surface area contributed by atoms with Gasteiger partial charge in [-0.15, -0.1) is 0 Å². The van der Waals surface area contributed by atoms with E-state index in [9.17, 15) is 14.4 Å². The molecule has 0 spiro atoms. The first-order valence-corrected chi connectivity index (χ1v) is 10.9. The van der Waals surface area contributed by atoms with Crippen LogP contribution in [-0.4, -0.2) is 63.8 Å². The van der Waals surface area contributed by atoms with Crippen LogP contribution in [0, 0.1) is 6.42 Å². The third-order valence-electron chi connectivity index (χ3n) is 6.33. The number of H-pyrrole nitrogens is 2. The van der Waals surface area contributed by atoms with E-state index >= 15 is 0 Å². The normalized spacial score (nSPS) is 18.7. The van der Waals surface area contributed by atoms with E-state index in [4.69, 9.17) is 5.73 Å². The Morgan fingerprint density at radius 2 is 1.80 bits per heavy atom. The fraction of sp³-hybridized carbons (Fsp3) is 0.545. The Morgan fingerprint density at radius 1 is 1.07 bits per heavy atom. The molecule has 1 aromatic heterocycles. The van der Waals surface area contributed by atoms with Gasteiger partial charge in [0.05, 0.1) is 23.9 Å². The van der Waals surface area contributed by atoms with Gasteiger partial charge < -0.3 is 25.5 Å². The van der Waals surface area contributed by atoms with Gasteiger partial charge in [0.2, 0.25) is 11.8 Å². The van der Waals surface area contributed by atoms with E-state index in [2.05, 4.69) is 14.9 Å². The maximum absolute atomic E-state index is 12.7. The summed E-state index contributed by atoms with van der Waals surface area (Å²) in [6.45, 7) is 3.99. The van der Waals surface area contributed by atoms with Crippen molar-refractivity contribution in [3.8, 4) is 0 Å². The zero-order valence-corrected chi connectivity index (χ0v) is 17.3. The molecule has 0 unspecified atom stereocenters. The molecule has 1 aromatic carbocycles. The zero-order valence-electron chi connectivity index (χ0n) is 17.3. The van der Waals surface area contributed by atoms with Gasteiger partial charge in [-0.3, -0.25) is 9.59 Å². The topological polar surface area (TPSA) is 115 Å². The highest BCUT2D eigenvalue weighted by molar-refractivity contribution is 5.87. The van der Waals surface area contributed by atoms with Gasteiger partial charge in [-0.25, -0.2) is 4.79 Å². The molecule has 0 atom stereocenters. The van der Waals surface area contributed by atoms with Crippen LogP contribution < -0.4 is 11.4 Å². The summed E-state index contributed by atoms with van der Waals surface area (Å²) in [4.78, 5) is 45.7. The fourth-order valence-corrected chi connectivity index (χ4v) is 4.80. The monoisotopic (exact) mass is 412 g/mol. The summed E-state index contributed by atoms with van der Waals surface area (Å²) in [6, 6.07) is 4.28. The molecule has 161 valence electrons. The minimum absolute atomic E-state index is 0.0378. The van der Waals surface area contributed by atoms with Crippen LogP contribution in [0.25, 0.3) is 11.0 Å². The van der Waals surface area contributed by atoms with Crippen LogP contribution in [0.2, 0.25) is 0 Å². The number of aromatic nitrogens is 2. The van der Waals surface area contributed by atoms with Crippen LogP contribution in [-0.2, 0) is 22.4 Å². The number of aromatic amines is 2. The Balaban J connectivity index is 1.35. The fourth-order valence-electron chi connectivity index (χ4n) is 4.80. The lowest BCUT2D eigenvalue weighted by atomic mass is 9.99. The first-order chi connectivity index (χ1) is 14.5. The summed E-state index contributed by atoms with van der Waals surface area (Å²) in [5.41, 5.74) is 7.76. The van der Waals surface area contributed by atoms with Crippen LogP contribution in [0.1, 0.15) is 43.2 Å². The van der Waals surface area contributed by atoms with Gasteiger partial charge >= 0.3 is 5.69 Å². The molecule has 0 bridgehead atoms. The molecule has 4 rings (SSSR count). The van der Waals surface area contributed by atoms with Gasteiger partial charge in [0.25, 0.3) is 0 Å². The number of piperidine rings is 2. The van der Waals surface area contributed by atoms with Crippen molar-refractivity contribution in [2.75, 3.05) is 26.2 Å². The lowest BCUT2D eigenvalue weighted by Crippen LogP contribution is -2.48. The highest BCUT2D eigenvalue weighted by Gasteiger charge is 2.27. The average Bonchev–Trinajstić information content (AvgIpc) is 3.13. The lowest BCUT2D eigenvalue weighted by molar-refractivity contribution is -0.129. The number of nitrogens with two attached hydrogens (primary N) is 1. The van der Waals surface area contributed by atoms with E-state index in [-0.39, 0.29) is 18.0 Å². The summed E-state index contributed by atoms with van der Waals surface area (Å²) in [6.07, 6.45) is 8.18. The molecule has 0 aliphatic carbocycles. The smallest absolute Gasteiger partial charge is 0.323 e. The van der Waals surface area contributed by atoms with E-state index < -0.39 is 5.91 Å². The maximum Gasteiger partial charge on any atom is 0.323 e. The van der Waals surface area contributed by atoms with Crippen LogP contribution in [0.15, 0.2) is 16.9 Å². The third-order valence-corrected chi connectivity index (χ3v) is 6.33. The number of amides is 2. The number of hydrogen-bond acceptors (Lipinski definition) is 4. The number of primary amides is 1. The Morgan fingerprint density at radius 3 is 2.50 bits per heavy atom. The molecular weight excluding hydrogens is 382 g/mol. The van der Waals surface area contributed by atoms with E-state index in [0.29, 0.717) is 29.1 Å². The number of nitrogens with one attached hydrogen (secondary N) is 2. The number of rotatable bonds is 6. The van der Waals surface area contributed by atoms with Crippen LogP contribution >= 0.6 is 0 Å². The quantitative estimate of drug-likeness (QED) is 0.659. The Kier molecular flexibility index (Phi) is 6.22. The van der Waals surface area contributed by atoms with E-state index in [1.807, 2.05) is 17.0 Å². The average molecular weight is 413 g/mol. The van der Waals surface area contributed by atoms with Crippen LogP contribution in [0.4, 0.5) is 0 Å². The van der Waals surface area contributed by atoms with Gasteiger partial charge in [-0.1, -0.05) is 12.5 Å². The van der Waals surface area contributed by atoms with Crippen LogP contribution in [0.5, 0.6) is 0 Å². The van der Waals surface area contributed by atoms with E-state index in [1.165, 1.54) is 32.4 Å².